The maximum absolute atomic E-state index is 10.3. The summed E-state index contributed by atoms with van der Waals surface area (Å²) < 4.78 is 5.59. The molecule has 0 saturated heterocycles. The molecule has 0 rings (SSSR count). The van der Waals surface area contributed by atoms with Gasteiger partial charge in [0.2, 0.25) is 0 Å². The third-order valence-corrected chi connectivity index (χ3v) is 1.07. The van der Waals surface area contributed by atoms with Gasteiger partial charge in [0.05, 0.1) is 21.1 Å². The Morgan fingerprint density at radius 1 is 1.33 bits per heavy atom. The molecule has 2 N–H and O–H groups in total. The number of likely N-dealkylation sites (N-methyl/N-ethyl adjacent to an activating group) is 1. The van der Waals surface area contributed by atoms with Crippen LogP contribution in [0.1, 0.15) is 6.92 Å². The Labute approximate surface area is 77.4 Å². The van der Waals surface area contributed by atoms with Crippen LogP contribution in [0.3, 0.4) is 0 Å². The van der Waals surface area contributed by atoms with Gasteiger partial charge in [-0.05, 0) is 0 Å². The summed E-state index contributed by atoms with van der Waals surface area (Å²) in [5.41, 5.74) is 0. The second kappa shape index (κ2) is 7.47. The molecule has 0 radical (unpaired) electrons. The first-order valence-corrected chi connectivity index (χ1v) is 3.35. The lowest BCUT2D eigenvalue weighted by atomic mass is 10.5. The predicted molar refractivity (Wildman–Crippen MR) is 54.3 cm³/mol. The number of carbonyl (C=O) groups is 1. The number of quaternary nitrogens is 1. The van der Waals surface area contributed by atoms with Crippen molar-refractivity contribution in [3.05, 3.63) is 0 Å². The molecule has 0 aliphatic rings. The van der Waals surface area contributed by atoms with Gasteiger partial charge in [-0.3, -0.25) is 4.79 Å². The van der Waals surface area contributed by atoms with Crippen LogP contribution in [0.4, 0.5) is 0 Å². The minimum Gasteiger partial charge on any atom is -0.460 e. The molecular weight excluding hydrogens is 177 g/mol. The van der Waals surface area contributed by atoms with Crippen LogP contribution in [0.25, 0.3) is 0 Å². The van der Waals surface area contributed by atoms with Crippen molar-refractivity contribution in [1.29, 1.82) is 0 Å². The first-order chi connectivity index (χ1) is 4.42. The summed E-state index contributed by atoms with van der Waals surface area (Å²) in [6.07, 6.45) is 0. The monoisotopic (exact) mass is 198 g/mol. The highest BCUT2D eigenvalue weighted by molar-refractivity contribution is 6.92. The number of nitrogens with zero attached hydrogens (tertiary/aromatic N) is 1. The Kier molecular flexibility index (Phi) is 11.1. The van der Waals surface area contributed by atoms with E-state index in [2.05, 4.69) is 21.1 Å². The van der Waals surface area contributed by atoms with Gasteiger partial charge in [0.25, 0.3) is 0 Å². The maximum Gasteiger partial charge on any atom is 0.302 e. The summed E-state index contributed by atoms with van der Waals surface area (Å²) in [5, 5.41) is 0. The van der Waals surface area contributed by atoms with Gasteiger partial charge in [-0.25, -0.2) is 0 Å². The van der Waals surface area contributed by atoms with E-state index in [4.69, 9.17) is 4.74 Å². The molecule has 0 aromatic carbocycles. The minimum absolute atomic E-state index is 0. The second-order valence-electron chi connectivity index (χ2n) is 3.35. The van der Waals surface area contributed by atoms with Crippen LogP contribution >= 0.6 is 9.90 Å². The molecule has 0 aliphatic heterocycles. The number of hydrogen-bond donors (Lipinski definition) is 0. The second-order valence-corrected chi connectivity index (χ2v) is 3.35. The topological polar surface area (TPSA) is 57.8 Å². The minimum atomic E-state index is -0.201. The van der Waals surface area contributed by atoms with Gasteiger partial charge in [-0.1, -0.05) is 0 Å². The molecule has 0 heterocycles. The Bertz CT molecular complexity index is 122. The molecule has 0 saturated carbocycles. The lowest BCUT2D eigenvalue weighted by Crippen LogP contribution is -2.37. The van der Waals surface area contributed by atoms with Crippen molar-refractivity contribution in [2.45, 2.75) is 6.92 Å². The standard InChI is InChI=1S/C7H16NO2.H2O.H3P/c1-7(9)10-6-5-8(2,3)4;;/h5-6H2,1-4H3;1H2;1H3/q+1;;. The first-order valence-electron chi connectivity index (χ1n) is 3.35. The predicted octanol–water partition coefficient (Wildman–Crippen LogP) is -0.511. The van der Waals surface area contributed by atoms with E-state index < -0.39 is 0 Å². The molecule has 4 nitrogen and oxygen atoms in total. The quantitative estimate of drug-likeness (QED) is 0.348. The molecular formula is C7H21NO3P+. The SMILES string of the molecule is CC(=O)OCC[N+](C)(C)C.O.P. The molecule has 0 aliphatic carbocycles. The molecule has 5 heteroatoms. The molecule has 12 heavy (non-hydrogen) atoms. The number of ether oxygens (including phenoxy) is 1. The van der Waals surface area contributed by atoms with E-state index in [-0.39, 0.29) is 21.3 Å². The lowest BCUT2D eigenvalue weighted by molar-refractivity contribution is -0.870. The Balaban J connectivity index is -0.000000405. The molecule has 1 unspecified atom stereocenters. The van der Waals surface area contributed by atoms with Crippen LogP contribution in [-0.2, 0) is 9.53 Å². The van der Waals surface area contributed by atoms with Crippen LogP contribution in [0.2, 0.25) is 0 Å². The zero-order chi connectivity index (χ0) is 8.20. The van der Waals surface area contributed by atoms with Gasteiger partial charge >= 0.3 is 5.97 Å². The fourth-order valence-corrected chi connectivity index (χ4v) is 0.463. The lowest BCUT2D eigenvalue weighted by Gasteiger charge is -2.23. The average Bonchev–Trinajstić information content (AvgIpc) is 1.59. The van der Waals surface area contributed by atoms with E-state index in [0.717, 1.165) is 11.0 Å². The van der Waals surface area contributed by atoms with E-state index in [0.29, 0.717) is 6.61 Å². The van der Waals surface area contributed by atoms with Gasteiger partial charge in [0, 0.05) is 6.92 Å². The van der Waals surface area contributed by atoms with E-state index >= 15 is 0 Å². The first kappa shape index (κ1) is 17.8. The van der Waals surface area contributed by atoms with Crippen molar-refractivity contribution in [2.24, 2.45) is 0 Å². The van der Waals surface area contributed by atoms with Crippen LogP contribution in [0.15, 0.2) is 0 Å². The van der Waals surface area contributed by atoms with Crippen molar-refractivity contribution in [1.82, 2.24) is 0 Å². The zero-order valence-corrected chi connectivity index (χ0v) is 9.80. The summed E-state index contributed by atoms with van der Waals surface area (Å²) >= 11 is 0. The summed E-state index contributed by atoms with van der Waals surface area (Å²) in [7, 11) is 6.18. The Morgan fingerprint density at radius 2 is 1.75 bits per heavy atom. The van der Waals surface area contributed by atoms with Gasteiger partial charge < -0.3 is 14.7 Å². The maximum atomic E-state index is 10.3. The molecule has 76 valence electrons. The molecule has 0 amide bonds. The average molecular weight is 198 g/mol. The van der Waals surface area contributed by atoms with Crippen LogP contribution in [0, 0.1) is 0 Å². The molecule has 1 atom stereocenters. The smallest absolute Gasteiger partial charge is 0.302 e. The largest absolute Gasteiger partial charge is 0.460 e. The molecule has 0 bridgehead atoms. The Morgan fingerprint density at radius 3 is 2.00 bits per heavy atom. The fourth-order valence-electron chi connectivity index (χ4n) is 0.463. The van der Waals surface area contributed by atoms with Gasteiger partial charge in [0.1, 0.15) is 13.2 Å². The summed E-state index contributed by atoms with van der Waals surface area (Å²) in [6.45, 7) is 2.80. The number of hydrogen-bond acceptors (Lipinski definition) is 2. The van der Waals surface area contributed by atoms with Crippen LogP contribution in [0.5, 0.6) is 0 Å². The van der Waals surface area contributed by atoms with Gasteiger partial charge in [-0.15, -0.1) is 0 Å². The number of rotatable bonds is 3. The summed E-state index contributed by atoms with van der Waals surface area (Å²) in [6, 6.07) is 0. The van der Waals surface area contributed by atoms with E-state index in [1.807, 2.05) is 0 Å². The van der Waals surface area contributed by atoms with E-state index in [1.165, 1.54) is 6.92 Å². The molecule has 0 fully saturated rings. The Hall–Kier alpha value is -0.180. The number of carbonyl (C=O) groups excluding carboxylic acids is 1. The summed E-state index contributed by atoms with van der Waals surface area (Å²) in [5.74, 6) is -0.201. The van der Waals surface area contributed by atoms with Crippen molar-refractivity contribution in [3.8, 4) is 0 Å². The fraction of sp³-hybridized carbons (Fsp3) is 0.857. The van der Waals surface area contributed by atoms with Crippen molar-refractivity contribution in [3.63, 3.8) is 0 Å². The molecule has 0 spiro atoms. The highest BCUT2D eigenvalue weighted by atomic mass is 31.0. The van der Waals surface area contributed by atoms with E-state index in [1.54, 1.807) is 0 Å². The van der Waals surface area contributed by atoms with Crippen LogP contribution < -0.4 is 0 Å². The highest BCUT2D eigenvalue weighted by Crippen LogP contribution is 1.88. The number of esters is 1. The van der Waals surface area contributed by atoms with Crippen molar-refractivity contribution < 1.29 is 19.5 Å². The van der Waals surface area contributed by atoms with E-state index in [9.17, 15) is 4.79 Å². The highest BCUT2D eigenvalue weighted by Gasteiger charge is 2.06. The summed E-state index contributed by atoms with van der Waals surface area (Å²) in [4.78, 5) is 10.3. The van der Waals surface area contributed by atoms with Crippen molar-refractivity contribution >= 4 is 15.9 Å². The molecule has 0 aromatic rings. The molecule has 0 aromatic heterocycles. The van der Waals surface area contributed by atoms with Crippen molar-refractivity contribution in [2.75, 3.05) is 34.3 Å². The normalized spacial score (nSPS) is 9.33. The zero-order valence-electron chi connectivity index (χ0n) is 8.39. The third-order valence-electron chi connectivity index (χ3n) is 1.07. The van der Waals surface area contributed by atoms with Gasteiger partial charge in [0.15, 0.2) is 0 Å². The van der Waals surface area contributed by atoms with Crippen LogP contribution in [-0.4, -0.2) is 50.2 Å². The third kappa shape index (κ3) is 16.4. The van der Waals surface area contributed by atoms with Gasteiger partial charge in [-0.2, -0.15) is 9.90 Å².